The van der Waals surface area contributed by atoms with Gasteiger partial charge in [0.2, 0.25) is 0 Å². The molecule has 1 aromatic heterocycles. The zero-order valence-corrected chi connectivity index (χ0v) is 26.6. The predicted molar refractivity (Wildman–Crippen MR) is 169 cm³/mol. The van der Waals surface area contributed by atoms with Crippen LogP contribution in [0.5, 0.6) is 0 Å². The number of halogens is 2. The molecular weight excluding hydrogens is 613 g/mol. The van der Waals surface area contributed by atoms with Gasteiger partial charge in [-0.2, -0.15) is 0 Å². The van der Waals surface area contributed by atoms with Crippen molar-refractivity contribution in [3.8, 4) is 12.1 Å². The smallest absolute Gasteiger partial charge is 0.282 e. The highest BCUT2D eigenvalue weighted by Crippen LogP contribution is 2.44. The molecule has 0 atom stereocenters. The first-order valence-electron chi connectivity index (χ1n) is 13.4. The first-order valence-corrected chi connectivity index (χ1v) is 15.8. The maximum atomic E-state index is 11.4. The monoisotopic (exact) mass is 645 g/mol. The number of allylic oxidation sites excluding steroid dienone is 4. The number of aromatic nitrogens is 2. The molecule has 0 fully saturated rings. The van der Waals surface area contributed by atoms with Gasteiger partial charge in [0.05, 0.1) is 42.2 Å². The number of nitrogens with zero attached hydrogens (tertiary/aromatic N) is 4. The van der Waals surface area contributed by atoms with Crippen LogP contribution in [0.25, 0.3) is 17.1 Å². The summed E-state index contributed by atoms with van der Waals surface area (Å²) in [4.78, 5) is 13.4. The third-order valence-electron chi connectivity index (χ3n) is 6.98. The minimum absolute atomic E-state index is 0.0922. The number of fused-ring (bicyclic) bond motifs is 2. The van der Waals surface area contributed by atoms with E-state index >= 15 is 0 Å². The molecule has 13 heteroatoms. The van der Waals surface area contributed by atoms with Gasteiger partial charge in [-0.3, -0.25) is 4.90 Å². The number of anilines is 2. The topological polar surface area (TPSA) is 117 Å². The molecule has 0 radical (unpaired) electrons. The molecule has 10 nitrogen and oxygen atoms in total. The zero-order chi connectivity index (χ0) is 31.3. The molecule has 0 saturated heterocycles. The second-order valence-corrected chi connectivity index (χ2v) is 12.2. The second kappa shape index (κ2) is 13.9. The van der Waals surface area contributed by atoms with E-state index in [1.807, 2.05) is 67.4 Å². The van der Waals surface area contributed by atoms with Crippen molar-refractivity contribution in [2.24, 2.45) is 12.8 Å². The van der Waals surface area contributed by atoms with Crippen LogP contribution in [0.15, 0.2) is 60.0 Å². The first-order chi connectivity index (χ1) is 20.5. The lowest BCUT2D eigenvalue weighted by Gasteiger charge is -2.22. The van der Waals surface area contributed by atoms with Crippen LogP contribution in [0.3, 0.4) is 0 Å². The lowest BCUT2D eigenvalue weighted by atomic mass is 10.1. The molecule has 0 amide bonds. The van der Waals surface area contributed by atoms with Crippen molar-refractivity contribution in [3.63, 3.8) is 0 Å². The van der Waals surface area contributed by atoms with Crippen molar-refractivity contribution in [2.45, 2.75) is 33.4 Å². The van der Waals surface area contributed by atoms with Crippen molar-refractivity contribution in [3.05, 3.63) is 81.4 Å². The largest absolute Gasteiger partial charge is 0.748 e. The van der Waals surface area contributed by atoms with Crippen molar-refractivity contribution in [2.75, 3.05) is 29.2 Å². The van der Waals surface area contributed by atoms with Crippen molar-refractivity contribution >= 4 is 61.8 Å². The Hall–Kier alpha value is -3.50. The van der Waals surface area contributed by atoms with Gasteiger partial charge in [0.15, 0.2) is 11.0 Å². The molecule has 1 aliphatic rings. The average molecular weight is 647 g/mol. The summed E-state index contributed by atoms with van der Waals surface area (Å²) in [5, 5.41) is 1.10. The van der Waals surface area contributed by atoms with E-state index in [0.29, 0.717) is 32.8 Å². The fraction of sp³-hybridized carbons (Fsp3) is 0.300. The molecule has 0 unspecified atom stereocenters. The number of aryl methyl sites for hydroxylation is 2. The molecule has 2 N–H and O–H groups in total. The standard InChI is InChI=1S/C30H33Cl2N5O5S/c1-5-35-25-10-9-23(31)18-26(25)34(3)29(35)11-7-21(2)8-12-30-36(14-6-16-43(38,39)40)27-17-22(20-42-41-4)24(32)19-28(27)37(30)15-13-33/h7-12,17-19H,5-6,14,16,20,33H2,1-4H3. The lowest BCUT2D eigenvalue weighted by Crippen LogP contribution is -2.34. The van der Waals surface area contributed by atoms with Gasteiger partial charge in [-0.1, -0.05) is 40.9 Å². The van der Waals surface area contributed by atoms with Crippen molar-refractivity contribution in [1.82, 2.24) is 4.57 Å². The van der Waals surface area contributed by atoms with E-state index < -0.39 is 15.9 Å². The van der Waals surface area contributed by atoms with Crippen LogP contribution in [0.2, 0.25) is 10.0 Å². The maximum absolute atomic E-state index is 11.4. The molecule has 43 heavy (non-hydrogen) atoms. The van der Waals surface area contributed by atoms with Gasteiger partial charge in [0.25, 0.3) is 5.82 Å². The van der Waals surface area contributed by atoms with E-state index in [9.17, 15) is 13.0 Å². The van der Waals surface area contributed by atoms with Crippen LogP contribution in [0, 0.1) is 12.1 Å². The minimum atomic E-state index is -4.39. The highest BCUT2D eigenvalue weighted by atomic mass is 35.5. The molecule has 0 bridgehead atoms. The maximum Gasteiger partial charge on any atom is 0.282 e. The summed E-state index contributed by atoms with van der Waals surface area (Å²) in [6.07, 6.45) is 7.94. The lowest BCUT2D eigenvalue weighted by molar-refractivity contribution is -0.670. The number of nitrogens with two attached hydrogens (primary N) is 1. The minimum Gasteiger partial charge on any atom is -0.748 e. The van der Waals surface area contributed by atoms with Crippen molar-refractivity contribution < 1.29 is 27.3 Å². The molecular formula is C30H33Cl2N5O5S. The SMILES string of the molecule is CC[n+]1c(/C=C/C(C)=C/C=C2\N(C#CN)c3cc(Cl)c(COOC)cc3N2CCCS(=O)(=O)[O-])n(C)c2cc(Cl)ccc21. The summed E-state index contributed by atoms with van der Waals surface area (Å²) in [6.45, 7) is 5.16. The van der Waals surface area contributed by atoms with E-state index in [1.54, 1.807) is 11.0 Å². The molecule has 0 aliphatic carbocycles. The Morgan fingerprint density at radius 2 is 1.98 bits per heavy atom. The zero-order valence-electron chi connectivity index (χ0n) is 24.3. The Kier molecular flexibility index (Phi) is 10.4. The quantitative estimate of drug-likeness (QED) is 0.0601. The molecule has 0 spiro atoms. The Morgan fingerprint density at radius 1 is 1.21 bits per heavy atom. The van der Waals surface area contributed by atoms with Gasteiger partial charge in [-0.25, -0.2) is 27.3 Å². The molecule has 4 rings (SSSR count). The Labute approximate surface area is 261 Å². The summed E-state index contributed by atoms with van der Waals surface area (Å²) >= 11 is 12.8. The highest BCUT2D eigenvalue weighted by molar-refractivity contribution is 7.85. The fourth-order valence-corrected chi connectivity index (χ4v) is 5.86. The Morgan fingerprint density at radius 3 is 2.65 bits per heavy atom. The van der Waals surface area contributed by atoms with Gasteiger partial charge < -0.3 is 15.2 Å². The second-order valence-electron chi connectivity index (χ2n) is 9.78. The van der Waals surface area contributed by atoms with E-state index in [0.717, 1.165) is 29.0 Å². The molecule has 2 heterocycles. The first kappa shape index (κ1) is 32.4. The number of benzene rings is 2. The van der Waals surface area contributed by atoms with Gasteiger partial charge >= 0.3 is 0 Å². The van der Waals surface area contributed by atoms with Crippen LogP contribution in [-0.4, -0.2) is 36.9 Å². The number of rotatable bonds is 11. The normalized spacial score (nSPS) is 14.7. The summed E-state index contributed by atoms with van der Waals surface area (Å²) in [5.41, 5.74) is 10.7. The fourth-order valence-electron chi connectivity index (χ4n) is 4.99. The third kappa shape index (κ3) is 7.36. The summed E-state index contributed by atoms with van der Waals surface area (Å²) in [6, 6.07) is 14.7. The highest BCUT2D eigenvalue weighted by Gasteiger charge is 2.32. The number of hydrogen-bond acceptors (Lipinski definition) is 8. The molecule has 3 aromatic rings. The summed E-state index contributed by atoms with van der Waals surface area (Å²) in [5.74, 6) is 1.12. The van der Waals surface area contributed by atoms with Crippen LogP contribution >= 0.6 is 23.2 Å². The van der Waals surface area contributed by atoms with Crippen molar-refractivity contribution in [1.29, 1.82) is 0 Å². The number of imidazole rings is 1. The van der Waals surface area contributed by atoms with E-state index in [4.69, 9.17) is 38.7 Å². The summed E-state index contributed by atoms with van der Waals surface area (Å²) in [7, 11) is -0.989. The van der Waals surface area contributed by atoms with Crippen LogP contribution < -0.4 is 20.1 Å². The molecule has 1 aliphatic heterocycles. The summed E-state index contributed by atoms with van der Waals surface area (Å²) < 4.78 is 38.4. The Bertz CT molecular complexity index is 1790. The van der Waals surface area contributed by atoms with E-state index in [-0.39, 0.29) is 19.6 Å². The van der Waals surface area contributed by atoms with E-state index in [2.05, 4.69) is 28.1 Å². The Balaban J connectivity index is 1.74. The van der Waals surface area contributed by atoms with Gasteiger partial charge in [0.1, 0.15) is 12.4 Å². The van der Waals surface area contributed by atoms with Crippen LogP contribution in [0.1, 0.15) is 31.7 Å². The van der Waals surface area contributed by atoms with Crippen LogP contribution in [-0.2, 0) is 40.1 Å². The van der Waals surface area contributed by atoms with Gasteiger partial charge in [0, 0.05) is 52.1 Å². The number of hydrogen-bond donors (Lipinski definition) is 1. The third-order valence-corrected chi connectivity index (χ3v) is 8.36. The average Bonchev–Trinajstić information content (AvgIpc) is 3.38. The van der Waals surface area contributed by atoms with Crippen LogP contribution in [0.4, 0.5) is 11.4 Å². The molecule has 0 saturated carbocycles. The van der Waals surface area contributed by atoms with Gasteiger partial charge in [-0.05, 0) is 50.6 Å². The van der Waals surface area contributed by atoms with Gasteiger partial charge in [-0.15, -0.1) is 0 Å². The van der Waals surface area contributed by atoms with E-state index in [1.165, 1.54) is 7.11 Å². The molecule has 228 valence electrons. The molecule has 2 aromatic carbocycles. The predicted octanol–water partition coefficient (Wildman–Crippen LogP) is 4.81.